The first-order valence-electron chi connectivity index (χ1n) is 6.72. The number of hydrogen-bond donors (Lipinski definition) is 2. The Kier molecular flexibility index (Phi) is 11.6. The lowest BCUT2D eigenvalue weighted by Gasteiger charge is -2.13. The van der Waals surface area contributed by atoms with Gasteiger partial charge in [0.2, 0.25) is 0 Å². The van der Waals surface area contributed by atoms with Gasteiger partial charge in [-0.1, -0.05) is 6.08 Å². The first kappa shape index (κ1) is 17.7. The minimum absolute atomic E-state index is 0. The molecule has 0 unspecified atom stereocenters. The van der Waals surface area contributed by atoms with Crippen molar-refractivity contribution in [1.29, 1.82) is 0 Å². The lowest BCUT2D eigenvalue weighted by Crippen LogP contribution is -2.37. The maximum Gasteiger partial charge on any atom is 0.191 e. The van der Waals surface area contributed by atoms with Crippen molar-refractivity contribution in [3.8, 4) is 0 Å². The van der Waals surface area contributed by atoms with Crippen LogP contribution in [0.4, 0.5) is 0 Å². The summed E-state index contributed by atoms with van der Waals surface area (Å²) in [4.78, 5) is 7.06. The second kappa shape index (κ2) is 11.8. The quantitative estimate of drug-likeness (QED) is 0.238. The molecule has 0 aliphatic carbocycles. The Labute approximate surface area is 128 Å². The summed E-state index contributed by atoms with van der Waals surface area (Å²) in [5, 5.41) is 6.43. The third kappa shape index (κ3) is 7.92. The Morgan fingerprint density at radius 3 is 2.67 bits per heavy atom. The minimum Gasteiger partial charge on any atom is -0.357 e. The smallest absolute Gasteiger partial charge is 0.191 e. The van der Waals surface area contributed by atoms with Gasteiger partial charge in [0.25, 0.3) is 0 Å². The molecule has 18 heavy (non-hydrogen) atoms. The van der Waals surface area contributed by atoms with Gasteiger partial charge >= 0.3 is 0 Å². The molecule has 0 aromatic carbocycles. The van der Waals surface area contributed by atoms with Gasteiger partial charge in [-0.05, 0) is 45.8 Å². The van der Waals surface area contributed by atoms with Crippen LogP contribution in [0.2, 0.25) is 0 Å². The van der Waals surface area contributed by atoms with Crippen LogP contribution in [0.25, 0.3) is 0 Å². The van der Waals surface area contributed by atoms with Crippen LogP contribution in [0, 0.1) is 0 Å². The van der Waals surface area contributed by atoms with Gasteiger partial charge in [-0.2, -0.15) is 0 Å². The van der Waals surface area contributed by atoms with E-state index in [4.69, 9.17) is 0 Å². The van der Waals surface area contributed by atoms with E-state index in [0.717, 1.165) is 32.0 Å². The lowest BCUT2D eigenvalue weighted by molar-refractivity contribution is 0.336. The summed E-state index contributed by atoms with van der Waals surface area (Å²) < 4.78 is 0. The van der Waals surface area contributed by atoms with Crippen molar-refractivity contribution in [3.05, 3.63) is 12.7 Å². The van der Waals surface area contributed by atoms with Gasteiger partial charge < -0.3 is 15.5 Å². The molecule has 0 spiro atoms. The van der Waals surface area contributed by atoms with Crippen molar-refractivity contribution in [2.45, 2.75) is 26.2 Å². The summed E-state index contributed by atoms with van der Waals surface area (Å²) >= 11 is 0. The highest BCUT2D eigenvalue weighted by molar-refractivity contribution is 14.0. The molecule has 0 amide bonds. The predicted molar refractivity (Wildman–Crippen MR) is 89.9 cm³/mol. The summed E-state index contributed by atoms with van der Waals surface area (Å²) in [6.07, 6.45) is 5.72. The Bertz CT molecular complexity index is 237. The number of rotatable bonds is 7. The van der Waals surface area contributed by atoms with Crippen LogP contribution in [-0.2, 0) is 0 Å². The topological polar surface area (TPSA) is 39.7 Å². The number of nitrogens with zero attached hydrogens (tertiary/aromatic N) is 2. The molecule has 0 aromatic heterocycles. The van der Waals surface area contributed by atoms with E-state index in [0.29, 0.717) is 0 Å². The Morgan fingerprint density at radius 2 is 2.06 bits per heavy atom. The third-order valence-corrected chi connectivity index (χ3v) is 2.86. The number of hydrogen-bond acceptors (Lipinski definition) is 2. The minimum atomic E-state index is 0. The molecule has 0 saturated carbocycles. The fraction of sp³-hybridized carbons (Fsp3) is 0.769. The van der Waals surface area contributed by atoms with Gasteiger partial charge in [-0.3, -0.25) is 4.99 Å². The van der Waals surface area contributed by atoms with Crippen molar-refractivity contribution < 1.29 is 0 Å². The molecular formula is C13H27IN4. The van der Waals surface area contributed by atoms with Gasteiger partial charge in [-0.25, -0.2) is 0 Å². The Morgan fingerprint density at radius 1 is 1.33 bits per heavy atom. The fourth-order valence-electron chi connectivity index (χ4n) is 2.00. The summed E-state index contributed by atoms with van der Waals surface area (Å²) in [6.45, 7) is 12.1. The summed E-state index contributed by atoms with van der Waals surface area (Å²) in [7, 11) is 0. The van der Waals surface area contributed by atoms with Crippen molar-refractivity contribution in [2.75, 3.05) is 39.3 Å². The van der Waals surface area contributed by atoms with E-state index < -0.39 is 0 Å². The Hall–Kier alpha value is -0.300. The highest BCUT2D eigenvalue weighted by Gasteiger charge is 2.09. The van der Waals surface area contributed by atoms with E-state index in [1.807, 2.05) is 6.08 Å². The normalized spacial score (nSPS) is 16.2. The van der Waals surface area contributed by atoms with E-state index in [2.05, 4.69) is 34.0 Å². The van der Waals surface area contributed by atoms with Gasteiger partial charge in [0.05, 0.1) is 0 Å². The van der Waals surface area contributed by atoms with Crippen LogP contribution in [0.3, 0.4) is 0 Å². The number of likely N-dealkylation sites (tertiary alicyclic amines) is 1. The number of guanidine groups is 1. The average Bonchev–Trinajstić information content (AvgIpc) is 2.84. The van der Waals surface area contributed by atoms with E-state index >= 15 is 0 Å². The highest BCUT2D eigenvalue weighted by atomic mass is 127. The Balaban J connectivity index is 0.00000289. The second-order valence-electron chi connectivity index (χ2n) is 4.33. The fourth-order valence-corrected chi connectivity index (χ4v) is 2.00. The molecular weight excluding hydrogens is 339 g/mol. The predicted octanol–water partition coefficient (Wildman–Crippen LogP) is 1.83. The summed E-state index contributed by atoms with van der Waals surface area (Å²) in [5.74, 6) is 0.897. The van der Waals surface area contributed by atoms with Gasteiger partial charge in [-0.15, -0.1) is 30.6 Å². The van der Waals surface area contributed by atoms with Gasteiger partial charge in [0, 0.05) is 19.6 Å². The molecule has 0 atom stereocenters. The monoisotopic (exact) mass is 366 g/mol. The van der Waals surface area contributed by atoms with Crippen LogP contribution in [-0.4, -0.2) is 50.1 Å². The molecule has 1 aliphatic heterocycles. The van der Waals surface area contributed by atoms with Gasteiger partial charge in [0.15, 0.2) is 5.96 Å². The zero-order valence-electron chi connectivity index (χ0n) is 11.5. The lowest BCUT2D eigenvalue weighted by atomic mass is 10.4. The maximum atomic E-state index is 4.53. The first-order valence-corrected chi connectivity index (χ1v) is 6.72. The zero-order valence-corrected chi connectivity index (χ0v) is 13.8. The molecule has 0 aromatic rings. The van der Waals surface area contributed by atoms with Crippen molar-refractivity contribution >= 4 is 29.9 Å². The third-order valence-electron chi connectivity index (χ3n) is 2.86. The van der Waals surface area contributed by atoms with E-state index in [9.17, 15) is 0 Å². The molecule has 1 rings (SSSR count). The molecule has 1 saturated heterocycles. The molecule has 2 N–H and O–H groups in total. The van der Waals surface area contributed by atoms with Crippen LogP contribution >= 0.6 is 24.0 Å². The standard InChI is InChI=1S/C13H26N4.HI/c1-3-8-15-13(14-4-2)16-9-7-12-17-10-5-6-11-17;/h3H,1,4-12H2,2H3,(H2,14,15,16);1H. The molecule has 4 nitrogen and oxygen atoms in total. The highest BCUT2D eigenvalue weighted by Crippen LogP contribution is 2.07. The van der Waals surface area contributed by atoms with E-state index in [1.165, 1.54) is 32.5 Å². The van der Waals surface area contributed by atoms with Crippen molar-refractivity contribution in [3.63, 3.8) is 0 Å². The molecule has 0 radical (unpaired) electrons. The molecule has 1 aliphatic rings. The van der Waals surface area contributed by atoms with E-state index in [1.54, 1.807) is 0 Å². The number of halogens is 1. The van der Waals surface area contributed by atoms with Crippen molar-refractivity contribution in [1.82, 2.24) is 15.5 Å². The second-order valence-corrected chi connectivity index (χ2v) is 4.33. The van der Waals surface area contributed by atoms with Gasteiger partial charge in [0.1, 0.15) is 0 Å². The molecule has 1 heterocycles. The largest absolute Gasteiger partial charge is 0.357 e. The molecule has 1 fully saturated rings. The molecule has 0 bridgehead atoms. The van der Waals surface area contributed by atoms with Crippen LogP contribution in [0.15, 0.2) is 17.6 Å². The number of aliphatic imine (C=N–C) groups is 1. The zero-order chi connectivity index (χ0) is 12.3. The van der Waals surface area contributed by atoms with Crippen molar-refractivity contribution in [2.24, 2.45) is 4.99 Å². The molecule has 5 heteroatoms. The molecule has 106 valence electrons. The van der Waals surface area contributed by atoms with Crippen LogP contribution in [0.5, 0.6) is 0 Å². The first-order chi connectivity index (χ1) is 8.36. The summed E-state index contributed by atoms with van der Waals surface area (Å²) in [5.41, 5.74) is 0. The number of nitrogens with one attached hydrogen (secondary N) is 2. The van der Waals surface area contributed by atoms with Crippen LogP contribution < -0.4 is 10.6 Å². The van der Waals surface area contributed by atoms with Crippen LogP contribution in [0.1, 0.15) is 26.2 Å². The summed E-state index contributed by atoms with van der Waals surface area (Å²) in [6, 6.07) is 0. The maximum absolute atomic E-state index is 4.53. The van der Waals surface area contributed by atoms with E-state index in [-0.39, 0.29) is 24.0 Å². The SMILES string of the molecule is C=CCNC(=NCCCN1CCCC1)NCC.I. The average molecular weight is 366 g/mol.